The number of sulfonamides is 1. The number of benzene rings is 2. The third kappa shape index (κ3) is 5.82. The lowest BCUT2D eigenvalue weighted by atomic mass is 9.86. The average Bonchev–Trinajstić information content (AvgIpc) is 2.54. The highest BCUT2D eigenvalue weighted by Crippen LogP contribution is 2.24. The van der Waals surface area contributed by atoms with E-state index in [-0.39, 0.29) is 17.4 Å². The van der Waals surface area contributed by atoms with Gasteiger partial charge >= 0.3 is 0 Å². The van der Waals surface area contributed by atoms with Crippen LogP contribution in [0.1, 0.15) is 60.8 Å². The Labute approximate surface area is 162 Å². The number of carbonyl (C=O) groups excluding carboxylic acids is 1. The first kappa shape index (κ1) is 21.0. The van der Waals surface area contributed by atoms with Gasteiger partial charge < -0.3 is 5.32 Å². The number of aryl methyl sites for hydroxylation is 1. The molecular formula is C21H28N2O3S. The predicted molar refractivity (Wildman–Crippen MR) is 111 cm³/mol. The molecule has 0 aliphatic heterocycles. The Morgan fingerprint density at radius 1 is 1.04 bits per heavy atom. The third-order valence-corrected chi connectivity index (χ3v) is 5.01. The van der Waals surface area contributed by atoms with Gasteiger partial charge in [-0.3, -0.25) is 9.52 Å². The molecule has 2 N–H and O–H groups in total. The molecule has 1 unspecified atom stereocenters. The largest absolute Gasteiger partial charge is 0.346 e. The molecule has 0 aliphatic carbocycles. The van der Waals surface area contributed by atoms with Gasteiger partial charge in [0.05, 0.1) is 18.0 Å². The fraction of sp³-hybridized carbons (Fsp3) is 0.381. The number of hydrogen-bond donors (Lipinski definition) is 2. The molecule has 5 nitrogen and oxygen atoms in total. The fourth-order valence-electron chi connectivity index (χ4n) is 2.71. The number of carbonyl (C=O) groups is 1. The maximum absolute atomic E-state index is 12.6. The Morgan fingerprint density at radius 3 is 2.15 bits per heavy atom. The summed E-state index contributed by atoms with van der Waals surface area (Å²) < 4.78 is 25.4. The monoisotopic (exact) mass is 388 g/mol. The highest BCUT2D eigenvalue weighted by Gasteiger charge is 2.16. The summed E-state index contributed by atoms with van der Waals surface area (Å²) in [4.78, 5) is 12.6. The van der Waals surface area contributed by atoms with Gasteiger partial charge in [-0.25, -0.2) is 8.42 Å². The van der Waals surface area contributed by atoms with Crippen molar-refractivity contribution in [1.82, 2.24) is 5.32 Å². The summed E-state index contributed by atoms with van der Waals surface area (Å²) in [5.74, 6) is -0.251. The second-order valence-corrected chi connectivity index (χ2v) is 9.72. The highest BCUT2D eigenvalue weighted by atomic mass is 32.2. The van der Waals surface area contributed by atoms with Crippen molar-refractivity contribution in [1.29, 1.82) is 0 Å². The molecule has 2 aromatic rings. The predicted octanol–water partition coefficient (Wildman–Crippen LogP) is 4.16. The van der Waals surface area contributed by atoms with E-state index < -0.39 is 10.0 Å². The molecule has 2 aromatic carbocycles. The fourth-order valence-corrected chi connectivity index (χ4v) is 3.33. The summed E-state index contributed by atoms with van der Waals surface area (Å²) in [7, 11) is -3.41. The molecule has 1 amide bonds. The van der Waals surface area contributed by atoms with Crippen LogP contribution >= 0.6 is 0 Å². The van der Waals surface area contributed by atoms with E-state index in [0.29, 0.717) is 11.3 Å². The maximum atomic E-state index is 12.6. The van der Waals surface area contributed by atoms with E-state index in [9.17, 15) is 13.2 Å². The Morgan fingerprint density at radius 2 is 1.63 bits per heavy atom. The van der Waals surface area contributed by atoms with Gasteiger partial charge in [0.1, 0.15) is 0 Å². The summed E-state index contributed by atoms with van der Waals surface area (Å²) in [6.07, 6.45) is 1.09. The van der Waals surface area contributed by atoms with Crippen molar-refractivity contribution < 1.29 is 13.2 Å². The molecule has 27 heavy (non-hydrogen) atoms. The molecule has 0 spiro atoms. The van der Waals surface area contributed by atoms with Gasteiger partial charge in [0.25, 0.3) is 5.91 Å². The first-order valence-electron chi connectivity index (χ1n) is 8.86. The topological polar surface area (TPSA) is 75.3 Å². The number of anilines is 1. The molecule has 6 heteroatoms. The zero-order valence-corrected chi connectivity index (χ0v) is 17.6. The van der Waals surface area contributed by atoms with Crippen molar-refractivity contribution in [3.8, 4) is 0 Å². The zero-order chi connectivity index (χ0) is 20.4. The highest BCUT2D eigenvalue weighted by molar-refractivity contribution is 7.92. The molecule has 0 saturated heterocycles. The minimum absolute atomic E-state index is 0.0793. The molecule has 0 bridgehead atoms. The molecule has 0 aromatic heterocycles. The summed E-state index contributed by atoms with van der Waals surface area (Å²) in [5, 5.41) is 2.96. The molecule has 0 saturated carbocycles. The van der Waals surface area contributed by atoms with E-state index in [1.165, 1.54) is 5.56 Å². The minimum atomic E-state index is -3.41. The molecule has 0 heterocycles. The van der Waals surface area contributed by atoms with Crippen LogP contribution in [0.2, 0.25) is 0 Å². The normalized spacial score (nSPS) is 13.1. The van der Waals surface area contributed by atoms with E-state index in [4.69, 9.17) is 0 Å². The quantitative estimate of drug-likeness (QED) is 0.808. The Kier molecular flexibility index (Phi) is 6.00. The van der Waals surface area contributed by atoms with Crippen molar-refractivity contribution in [2.45, 2.75) is 46.1 Å². The SMILES string of the molecule is Cc1ccc(C(=O)NC(C)c2ccc(C(C)(C)C)cc2)cc1NS(C)(=O)=O. The first-order valence-corrected chi connectivity index (χ1v) is 10.8. The number of hydrogen-bond acceptors (Lipinski definition) is 3. The van der Waals surface area contributed by atoms with Crippen LogP contribution in [0.15, 0.2) is 42.5 Å². The Hall–Kier alpha value is -2.34. The van der Waals surface area contributed by atoms with Crippen LogP contribution in [0.4, 0.5) is 5.69 Å². The summed E-state index contributed by atoms with van der Waals surface area (Å²) in [6, 6.07) is 13.0. The van der Waals surface area contributed by atoms with Crippen molar-refractivity contribution in [3.63, 3.8) is 0 Å². The van der Waals surface area contributed by atoms with Crippen molar-refractivity contribution >= 4 is 21.6 Å². The molecule has 1 atom stereocenters. The van der Waals surface area contributed by atoms with Crippen molar-refractivity contribution in [2.75, 3.05) is 11.0 Å². The van der Waals surface area contributed by atoms with E-state index in [2.05, 4.69) is 42.9 Å². The number of rotatable bonds is 5. The van der Waals surface area contributed by atoms with Gasteiger partial charge in [0.15, 0.2) is 0 Å². The molecule has 146 valence electrons. The van der Waals surface area contributed by atoms with Crippen LogP contribution in [-0.2, 0) is 15.4 Å². The summed E-state index contributed by atoms with van der Waals surface area (Å²) in [5.41, 5.74) is 3.90. The first-order chi connectivity index (χ1) is 12.4. The molecule has 2 rings (SSSR count). The van der Waals surface area contributed by atoms with Gasteiger partial charge in [-0.15, -0.1) is 0 Å². The van der Waals surface area contributed by atoms with E-state index in [1.807, 2.05) is 19.1 Å². The van der Waals surface area contributed by atoms with Gasteiger partial charge in [0.2, 0.25) is 10.0 Å². The Bertz CT molecular complexity index is 927. The van der Waals surface area contributed by atoms with Gasteiger partial charge in [0, 0.05) is 5.56 Å². The smallest absolute Gasteiger partial charge is 0.251 e. The van der Waals surface area contributed by atoms with E-state index in [0.717, 1.165) is 17.4 Å². The van der Waals surface area contributed by atoms with Crippen LogP contribution in [0.5, 0.6) is 0 Å². The third-order valence-electron chi connectivity index (χ3n) is 4.42. The molecule has 0 radical (unpaired) electrons. The summed E-state index contributed by atoms with van der Waals surface area (Å²) in [6.45, 7) is 10.2. The lowest BCUT2D eigenvalue weighted by Gasteiger charge is -2.21. The zero-order valence-electron chi connectivity index (χ0n) is 16.8. The van der Waals surface area contributed by atoms with Crippen molar-refractivity contribution in [2.24, 2.45) is 0 Å². The van der Waals surface area contributed by atoms with Gasteiger partial charge in [-0.1, -0.05) is 51.1 Å². The second kappa shape index (κ2) is 7.72. The van der Waals surface area contributed by atoms with E-state index in [1.54, 1.807) is 25.1 Å². The van der Waals surface area contributed by atoms with E-state index >= 15 is 0 Å². The van der Waals surface area contributed by atoms with Crippen LogP contribution in [0.3, 0.4) is 0 Å². The Balaban J connectivity index is 2.16. The van der Waals surface area contributed by atoms with Crippen LogP contribution in [0.25, 0.3) is 0 Å². The number of nitrogens with one attached hydrogen (secondary N) is 2. The average molecular weight is 389 g/mol. The van der Waals surface area contributed by atoms with Crippen LogP contribution in [-0.4, -0.2) is 20.6 Å². The molecule has 0 fully saturated rings. The molecule has 0 aliphatic rings. The van der Waals surface area contributed by atoms with Gasteiger partial charge in [-0.2, -0.15) is 0 Å². The van der Waals surface area contributed by atoms with Crippen molar-refractivity contribution in [3.05, 3.63) is 64.7 Å². The molecular weight excluding hydrogens is 360 g/mol. The standard InChI is InChI=1S/C21H28N2O3S/c1-14-7-8-17(13-19(14)23-27(6,25)26)20(24)22-15(2)16-9-11-18(12-10-16)21(3,4)5/h7-13,15,23H,1-6H3,(H,22,24). The maximum Gasteiger partial charge on any atom is 0.251 e. The second-order valence-electron chi connectivity index (χ2n) is 7.97. The number of amides is 1. The lowest BCUT2D eigenvalue weighted by Crippen LogP contribution is -2.27. The van der Waals surface area contributed by atoms with Crippen LogP contribution < -0.4 is 10.0 Å². The van der Waals surface area contributed by atoms with Crippen LogP contribution in [0, 0.1) is 6.92 Å². The lowest BCUT2D eigenvalue weighted by molar-refractivity contribution is 0.0940. The van der Waals surface area contributed by atoms with Gasteiger partial charge in [-0.05, 0) is 48.1 Å². The summed E-state index contributed by atoms with van der Waals surface area (Å²) >= 11 is 0. The minimum Gasteiger partial charge on any atom is -0.346 e.